The van der Waals surface area contributed by atoms with Crippen LogP contribution in [0, 0.1) is 6.92 Å². The molecular formula is C13H11BrClN3S. The van der Waals surface area contributed by atoms with E-state index in [0.29, 0.717) is 16.5 Å². The van der Waals surface area contributed by atoms with Crippen molar-refractivity contribution in [3.8, 4) is 0 Å². The molecule has 19 heavy (non-hydrogen) atoms. The van der Waals surface area contributed by atoms with E-state index in [-0.39, 0.29) is 4.99 Å². The number of rotatable bonds is 3. The van der Waals surface area contributed by atoms with Crippen molar-refractivity contribution in [1.29, 1.82) is 0 Å². The number of hydrogen-bond acceptors (Lipinski definition) is 3. The molecule has 0 aliphatic heterocycles. The SMILES string of the molecule is Cc1cc(Br)c(Nc2cccc(C(N)=S)n2)cc1Cl. The molecule has 0 fully saturated rings. The van der Waals surface area contributed by atoms with E-state index in [1.807, 2.05) is 31.2 Å². The van der Waals surface area contributed by atoms with Crippen LogP contribution in [0.4, 0.5) is 11.5 Å². The lowest BCUT2D eigenvalue weighted by Crippen LogP contribution is -2.12. The zero-order valence-electron chi connectivity index (χ0n) is 10.1. The fourth-order valence-corrected chi connectivity index (χ4v) is 2.36. The van der Waals surface area contributed by atoms with Crippen LogP contribution in [0.25, 0.3) is 0 Å². The standard InChI is InChI=1S/C13H11BrClN3S/c1-7-5-8(14)11(6-9(7)15)18-12-4-2-3-10(17-12)13(16)19/h2-6H,1H3,(H2,16,19)(H,17,18). The zero-order chi connectivity index (χ0) is 14.0. The molecule has 0 spiro atoms. The van der Waals surface area contributed by atoms with Gasteiger partial charge in [-0.05, 0) is 52.7 Å². The van der Waals surface area contributed by atoms with E-state index in [9.17, 15) is 0 Å². The molecular weight excluding hydrogens is 346 g/mol. The Bertz CT molecular complexity index is 646. The first-order valence-corrected chi connectivity index (χ1v) is 7.05. The fraction of sp³-hybridized carbons (Fsp3) is 0.0769. The number of thiocarbonyl (C=S) groups is 1. The molecule has 2 aromatic rings. The number of nitrogens with two attached hydrogens (primary N) is 1. The number of pyridine rings is 1. The van der Waals surface area contributed by atoms with Gasteiger partial charge in [0.25, 0.3) is 0 Å². The molecule has 0 aliphatic carbocycles. The highest BCUT2D eigenvalue weighted by molar-refractivity contribution is 9.10. The van der Waals surface area contributed by atoms with Crippen LogP contribution in [0.1, 0.15) is 11.3 Å². The van der Waals surface area contributed by atoms with E-state index in [0.717, 1.165) is 15.7 Å². The first kappa shape index (κ1) is 14.2. The van der Waals surface area contributed by atoms with Gasteiger partial charge in [0.05, 0.1) is 11.4 Å². The van der Waals surface area contributed by atoms with Crippen LogP contribution in [-0.2, 0) is 0 Å². The second-order valence-electron chi connectivity index (χ2n) is 3.98. The Hall–Kier alpha value is -1.17. The molecule has 3 nitrogen and oxygen atoms in total. The van der Waals surface area contributed by atoms with E-state index >= 15 is 0 Å². The first-order valence-electron chi connectivity index (χ1n) is 5.47. The highest BCUT2D eigenvalue weighted by Crippen LogP contribution is 2.30. The van der Waals surface area contributed by atoms with Crippen molar-refractivity contribution in [1.82, 2.24) is 4.98 Å². The van der Waals surface area contributed by atoms with Crippen molar-refractivity contribution in [2.24, 2.45) is 5.73 Å². The molecule has 0 aliphatic rings. The van der Waals surface area contributed by atoms with Crippen LogP contribution in [0.3, 0.4) is 0 Å². The van der Waals surface area contributed by atoms with E-state index in [4.69, 9.17) is 29.6 Å². The quantitative estimate of drug-likeness (QED) is 0.810. The van der Waals surface area contributed by atoms with Crippen molar-refractivity contribution >= 4 is 56.2 Å². The van der Waals surface area contributed by atoms with Crippen LogP contribution in [0.15, 0.2) is 34.8 Å². The van der Waals surface area contributed by atoms with Crippen molar-refractivity contribution in [3.05, 3.63) is 51.1 Å². The molecule has 1 aromatic carbocycles. The predicted molar refractivity (Wildman–Crippen MR) is 87.3 cm³/mol. The van der Waals surface area contributed by atoms with Gasteiger partial charge >= 0.3 is 0 Å². The summed E-state index contributed by atoms with van der Waals surface area (Å²) < 4.78 is 0.914. The molecule has 1 aromatic heterocycles. The van der Waals surface area contributed by atoms with E-state index in [2.05, 4.69) is 26.2 Å². The van der Waals surface area contributed by atoms with Gasteiger partial charge in [0.2, 0.25) is 0 Å². The van der Waals surface area contributed by atoms with E-state index in [1.165, 1.54) is 0 Å². The summed E-state index contributed by atoms with van der Waals surface area (Å²) in [5, 5.41) is 3.87. The van der Waals surface area contributed by atoms with Gasteiger partial charge in [0.1, 0.15) is 10.8 Å². The van der Waals surface area contributed by atoms with Gasteiger partial charge in [-0.25, -0.2) is 4.98 Å². The minimum Gasteiger partial charge on any atom is -0.388 e. The third kappa shape index (κ3) is 3.43. The topological polar surface area (TPSA) is 50.9 Å². The summed E-state index contributed by atoms with van der Waals surface area (Å²) in [6, 6.07) is 9.23. The highest BCUT2D eigenvalue weighted by atomic mass is 79.9. The van der Waals surface area contributed by atoms with Crippen LogP contribution >= 0.6 is 39.7 Å². The summed E-state index contributed by atoms with van der Waals surface area (Å²) in [5.41, 5.74) is 7.98. The number of hydrogen-bond donors (Lipinski definition) is 2. The third-order valence-corrected chi connectivity index (χ3v) is 3.79. The second-order valence-corrected chi connectivity index (χ2v) is 5.68. The smallest absolute Gasteiger partial charge is 0.131 e. The predicted octanol–water partition coefficient (Wildman–Crippen LogP) is 4.18. The summed E-state index contributed by atoms with van der Waals surface area (Å²) >= 11 is 14.5. The van der Waals surface area contributed by atoms with Crippen LogP contribution in [-0.4, -0.2) is 9.97 Å². The lowest BCUT2D eigenvalue weighted by atomic mass is 10.2. The zero-order valence-corrected chi connectivity index (χ0v) is 13.2. The molecule has 0 unspecified atom stereocenters. The molecule has 2 rings (SSSR count). The summed E-state index contributed by atoms with van der Waals surface area (Å²) in [7, 11) is 0. The van der Waals surface area contributed by atoms with Crippen LogP contribution in [0.5, 0.6) is 0 Å². The Kier molecular flexibility index (Phi) is 4.39. The van der Waals surface area contributed by atoms with Gasteiger partial charge in [-0.2, -0.15) is 0 Å². The monoisotopic (exact) mass is 355 g/mol. The largest absolute Gasteiger partial charge is 0.388 e. The first-order chi connectivity index (χ1) is 8.97. The number of halogens is 2. The molecule has 0 saturated carbocycles. The van der Waals surface area contributed by atoms with Crippen molar-refractivity contribution in [2.75, 3.05) is 5.32 Å². The molecule has 0 bridgehead atoms. The molecule has 6 heteroatoms. The molecule has 0 radical (unpaired) electrons. The average Bonchev–Trinajstić information content (AvgIpc) is 2.36. The Labute approximate surface area is 130 Å². The molecule has 0 atom stereocenters. The number of anilines is 2. The van der Waals surface area contributed by atoms with Crippen LogP contribution in [0.2, 0.25) is 5.02 Å². The maximum absolute atomic E-state index is 6.11. The van der Waals surface area contributed by atoms with Gasteiger partial charge in [-0.3, -0.25) is 0 Å². The lowest BCUT2D eigenvalue weighted by molar-refractivity contribution is 1.27. The third-order valence-electron chi connectivity index (χ3n) is 2.51. The number of aryl methyl sites for hydroxylation is 1. The Morgan fingerprint density at radius 3 is 2.84 bits per heavy atom. The molecule has 1 heterocycles. The Morgan fingerprint density at radius 2 is 2.16 bits per heavy atom. The Morgan fingerprint density at radius 1 is 1.42 bits per heavy atom. The van der Waals surface area contributed by atoms with Gasteiger partial charge in [-0.1, -0.05) is 29.9 Å². The second kappa shape index (κ2) is 5.86. The summed E-state index contributed by atoms with van der Waals surface area (Å²) in [5.74, 6) is 0.658. The van der Waals surface area contributed by atoms with Gasteiger partial charge in [0.15, 0.2) is 0 Å². The van der Waals surface area contributed by atoms with Crippen molar-refractivity contribution < 1.29 is 0 Å². The normalized spacial score (nSPS) is 10.3. The lowest BCUT2D eigenvalue weighted by Gasteiger charge is -2.10. The summed E-state index contributed by atoms with van der Waals surface area (Å²) in [6.45, 7) is 1.95. The number of nitrogens with one attached hydrogen (secondary N) is 1. The number of aromatic nitrogens is 1. The minimum atomic E-state index is 0.268. The highest BCUT2D eigenvalue weighted by Gasteiger charge is 2.06. The summed E-state index contributed by atoms with van der Waals surface area (Å²) in [6.07, 6.45) is 0. The molecule has 3 N–H and O–H groups in total. The maximum Gasteiger partial charge on any atom is 0.131 e. The van der Waals surface area contributed by atoms with E-state index in [1.54, 1.807) is 6.07 Å². The Balaban J connectivity index is 2.33. The van der Waals surface area contributed by atoms with Gasteiger partial charge in [-0.15, -0.1) is 0 Å². The molecule has 0 amide bonds. The molecule has 0 saturated heterocycles. The summed E-state index contributed by atoms with van der Waals surface area (Å²) in [4.78, 5) is 4.59. The minimum absolute atomic E-state index is 0.268. The number of benzene rings is 1. The van der Waals surface area contributed by atoms with Crippen LogP contribution < -0.4 is 11.1 Å². The van der Waals surface area contributed by atoms with E-state index < -0.39 is 0 Å². The van der Waals surface area contributed by atoms with Crippen molar-refractivity contribution in [2.45, 2.75) is 6.92 Å². The van der Waals surface area contributed by atoms with Crippen molar-refractivity contribution in [3.63, 3.8) is 0 Å². The molecule has 98 valence electrons. The average molecular weight is 357 g/mol. The van der Waals surface area contributed by atoms with Gasteiger partial charge < -0.3 is 11.1 Å². The number of nitrogens with zero attached hydrogens (tertiary/aromatic N) is 1. The van der Waals surface area contributed by atoms with Gasteiger partial charge in [0, 0.05) is 9.50 Å². The maximum atomic E-state index is 6.11. The fourth-order valence-electron chi connectivity index (χ4n) is 1.52.